The zero-order valence-electron chi connectivity index (χ0n) is 11.0. The average molecular weight is 329 g/mol. The van der Waals surface area contributed by atoms with Gasteiger partial charge < -0.3 is 20.1 Å². The van der Waals surface area contributed by atoms with E-state index in [-0.39, 0.29) is 11.8 Å². The zero-order chi connectivity index (χ0) is 13.8. The van der Waals surface area contributed by atoms with E-state index in [1.54, 1.807) is 14.2 Å². The highest BCUT2D eigenvalue weighted by molar-refractivity contribution is 9.10. The summed E-state index contributed by atoms with van der Waals surface area (Å²) < 4.78 is 11.3. The summed E-state index contributed by atoms with van der Waals surface area (Å²) in [5, 5.41) is 6.00. The van der Waals surface area contributed by atoms with Gasteiger partial charge in [-0.15, -0.1) is 0 Å². The van der Waals surface area contributed by atoms with E-state index in [0.717, 1.165) is 23.1 Å². The normalized spacial score (nSPS) is 14.7. The first-order valence-electron chi connectivity index (χ1n) is 6.04. The van der Waals surface area contributed by atoms with Crippen molar-refractivity contribution in [2.45, 2.75) is 6.54 Å². The summed E-state index contributed by atoms with van der Waals surface area (Å²) >= 11 is 3.47. The summed E-state index contributed by atoms with van der Waals surface area (Å²) in [6, 6.07) is 3.70. The van der Waals surface area contributed by atoms with E-state index in [4.69, 9.17) is 9.47 Å². The standard InChI is InChI=1S/C13H17BrN2O3/c1-18-11-3-8(10(14)4-12(11)19-2)7-16-13(17)9-5-15-6-9/h3-4,9,15H,5-7H2,1-2H3,(H,16,17). The fourth-order valence-corrected chi connectivity index (χ4v) is 2.30. The Balaban J connectivity index is 2.04. The lowest BCUT2D eigenvalue weighted by Gasteiger charge is -2.25. The Kier molecular flexibility index (Phi) is 4.66. The largest absolute Gasteiger partial charge is 0.493 e. The van der Waals surface area contributed by atoms with Crippen LogP contribution in [0.3, 0.4) is 0 Å². The number of ether oxygens (including phenoxy) is 2. The number of carbonyl (C=O) groups excluding carboxylic acids is 1. The molecule has 0 unspecified atom stereocenters. The van der Waals surface area contributed by atoms with Gasteiger partial charge in [0.2, 0.25) is 5.91 Å². The van der Waals surface area contributed by atoms with Gasteiger partial charge >= 0.3 is 0 Å². The number of amides is 1. The number of benzene rings is 1. The van der Waals surface area contributed by atoms with Gasteiger partial charge in [-0.2, -0.15) is 0 Å². The molecule has 1 aromatic rings. The minimum atomic E-state index is 0.0837. The molecule has 104 valence electrons. The molecular formula is C13H17BrN2O3. The van der Waals surface area contributed by atoms with Crippen molar-refractivity contribution in [1.82, 2.24) is 10.6 Å². The van der Waals surface area contributed by atoms with Gasteiger partial charge in [-0.1, -0.05) is 15.9 Å². The third-order valence-corrected chi connectivity index (χ3v) is 3.90. The SMILES string of the molecule is COc1cc(Br)c(CNC(=O)C2CNC2)cc1OC. The minimum absolute atomic E-state index is 0.0837. The molecule has 1 amide bonds. The highest BCUT2D eigenvalue weighted by Gasteiger charge is 2.24. The number of methoxy groups -OCH3 is 2. The van der Waals surface area contributed by atoms with Crippen molar-refractivity contribution < 1.29 is 14.3 Å². The van der Waals surface area contributed by atoms with E-state index in [0.29, 0.717) is 18.0 Å². The molecule has 0 spiro atoms. The van der Waals surface area contributed by atoms with Gasteiger partial charge in [-0.3, -0.25) is 4.79 Å². The van der Waals surface area contributed by atoms with E-state index in [9.17, 15) is 4.79 Å². The van der Waals surface area contributed by atoms with E-state index in [2.05, 4.69) is 26.6 Å². The monoisotopic (exact) mass is 328 g/mol. The van der Waals surface area contributed by atoms with Crippen LogP contribution in [0, 0.1) is 5.92 Å². The molecular weight excluding hydrogens is 312 g/mol. The Bertz CT molecular complexity index is 475. The van der Waals surface area contributed by atoms with Crippen LogP contribution >= 0.6 is 15.9 Å². The number of hydrogen-bond acceptors (Lipinski definition) is 4. The summed E-state index contributed by atoms with van der Waals surface area (Å²) in [6.07, 6.45) is 0. The quantitative estimate of drug-likeness (QED) is 0.855. The summed E-state index contributed by atoms with van der Waals surface area (Å²) in [5.74, 6) is 1.49. The first-order chi connectivity index (χ1) is 9.15. The lowest BCUT2D eigenvalue weighted by atomic mass is 10.0. The van der Waals surface area contributed by atoms with Gasteiger partial charge in [0.15, 0.2) is 11.5 Å². The molecule has 2 N–H and O–H groups in total. The Labute approximate surface area is 120 Å². The second kappa shape index (κ2) is 6.25. The summed E-state index contributed by atoms with van der Waals surface area (Å²) in [4.78, 5) is 11.8. The Morgan fingerprint density at radius 2 is 2.00 bits per heavy atom. The number of halogens is 1. The third-order valence-electron chi connectivity index (χ3n) is 3.16. The van der Waals surface area contributed by atoms with Gasteiger partial charge in [0.25, 0.3) is 0 Å². The van der Waals surface area contributed by atoms with Crippen LogP contribution in [0.2, 0.25) is 0 Å². The summed E-state index contributed by atoms with van der Waals surface area (Å²) in [5.41, 5.74) is 0.957. The lowest BCUT2D eigenvalue weighted by Crippen LogP contribution is -2.50. The third kappa shape index (κ3) is 3.19. The van der Waals surface area contributed by atoms with E-state index >= 15 is 0 Å². The minimum Gasteiger partial charge on any atom is -0.493 e. The van der Waals surface area contributed by atoms with Crippen LogP contribution < -0.4 is 20.1 Å². The number of carbonyl (C=O) groups is 1. The molecule has 1 aliphatic rings. The molecule has 0 atom stereocenters. The van der Waals surface area contributed by atoms with Gasteiger partial charge in [-0.05, 0) is 17.7 Å². The van der Waals surface area contributed by atoms with Crippen molar-refractivity contribution in [1.29, 1.82) is 0 Å². The van der Waals surface area contributed by atoms with E-state index in [1.807, 2.05) is 12.1 Å². The maximum absolute atomic E-state index is 11.8. The molecule has 6 heteroatoms. The average Bonchev–Trinajstić information content (AvgIpc) is 2.34. The predicted molar refractivity (Wildman–Crippen MR) is 75.5 cm³/mol. The van der Waals surface area contributed by atoms with Gasteiger partial charge in [0.1, 0.15) is 0 Å². The van der Waals surface area contributed by atoms with Crippen molar-refractivity contribution in [3.8, 4) is 11.5 Å². The molecule has 1 aliphatic heterocycles. The molecule has 0 saturated carbocycles. The van der Waals surface area contributed by atoms with Crippen LogP contribution in [0.25, 0.3) is 0 Å². The second-order valence-electron chi connectivity index (χ2n) is 4.37. The molecule has 1 saturated heterocycles. The highest BCUT2D eigenvalue weighted by Crippen LogP contribution is 2.33. The van der Waals surface area contributed by atoms with Gasteiger partial charge in [0.05, 0.1) is 20.1 Å². The van der Waals surface area contributed by atoms with Crippen molar-refractivity contribution in [2.75, 3.05) is 27.3 Å². The molecule has 0 radical (unpaired) electrons. The number of hydrogen-bond donors (Lipinski definition) is 2. The van der Waals surface area contributed by atoms with Crippen molar-refractivity contribution in [3.05, 3.63) is 22.2 Å². The molecule has 2 rings (SSSR count). The first-order valence-corrected chi connectivity index (χ1v) is 6.83. The van der Waals surface area contributed by atoms with Crippen LogP contribution in [0.5, 0.6) is 11.5 Å². The first kappa shape index (κ1) is 14.1. The zero-order valence-corrected chi connectivity index (χ0v) is 12.5. The van der Waals surface area contributed by atoms with Gasteiger partial charge in [0, 0.05) is 24.1 Å². The van der Waals surface area contributed by atoms with Crippen LogP contribution in [-0.2, 0) is 11.3 Å². The van der Waals surface area contributed by atoms with Crippen LogP contribution in [0.1, 0.15) is 5.56 Å². The van der Waals surface area contributed by atoms with Crippen molar-refractivity contribution >= 4 is 21.8 Å². The maximum Gasteiger partial charge on any atom is 0.225 e. The number of nitrogens with one attached hydrogen (secondary N) is 2. The van der Waals surface area contributed by atoms with E-state index in [1.165, 1.54) is 0 Å². The van der Waals surface area contributed by atoms with Crippen LogP contribution in [-0.4, -0.2) is 33.2 Å². The predicted octanol–water partition coefficient (Wildman–Crippen LogP) is 1.30. The highest BCUT2D eigenvalue weighted by atomic mass is 79.9. The fraction of sp³-hybridized carbons (Fsp3) is 0.462. The molecule has 0 bridgehead atoms. The van der Waals surface area contributed by atoms with Crippen molar-refractivity contribution in [2.24, 2.45) is 5.92 Å². The lowest BCUT2D eigenvalue weighted by molar-refractivity contribution is -0.126. The molecule has 1 heterocycles. The van der Waals surface area contributed by atoms with E-state index < -0.39 is 0 Å². The Morgan fingerprint density at radius 1 is 1.37 bits per heavy atom. The second-order valence-corrected chi connectivity index (χ2v) is 5.23. The fourth-order valence-electron chi connectivity index (χ4n) is 1.83. The van der Waals surface area contributed by atoms with Crippen LogP contribution in [0.4, 0.5) is 0 Å². The maximum atomic E-state index is 11.8. The molecule has 1 fully saturated rings. The molecule has 19 heavy (non-hydrogen) atoms. The Morgan fingerprint density at radius 3 is 2.53 bits per heavy atom. The molecule has 5 nitrogen and oxygen atoms in total. The van der Waals surface area contributed by atoms with Gasteiger partial charge in [-0.25, -0.2) is 0 Å². The topological polar surface area (TPSA) is 59.6 Å². The smallest absolute Gasteiger partial charge is 0.225 e. The summed E-state index contributed by atoms with van der Waals surface area (Å²) in [6.45, 7) is 1.99. The molecule has 0 aromatic heterocycles. The summed E-state index contributed by atoms with van der Waals surface area (Å²) in [7, 11) is 3.18. The molecule has 1 aromatic carbocycles. The van der Waals surface area contributed by atoms with Crippen LogP contribution in [0.15, 0.2) is 16.6 Å². The number of rotatable bonds is 5. The molecule has 0 aliphatic carbocycles. The Hall–Kier alpha value is -1.27. The van der Waals surface area contributed by atoms with Crippen molar-refractivity contribution in [3.63, 3.8) is 0 Å².